The van der Waals surface area contributed by atoms with Crippen LogP contribution in [0.1, 0.15) is 18.4 Å². The van der Waals surface area contributed by atoms with E-state index in [2.05, 4.69) is 16.2 Å². The molecule has 0 aliphatic carbocycles. The molecule has 1 heterocycles. The van der Waals surface area contributed by atoms with Crippen molar-refractivity contribution in [2.24, 2.45) is 0 Å². The Labute approximate surface area is 128 Å². The fraction of sp³-hybridized carbons (Fsp3) is 0.429. The summed E-state index contributed by atoms with van der Waals surface area (Å²) >= 11 is 5.98. The van der Waals surface area contributed by atoms with Gasteiger partial charge in [-0.25, -0.2) is 5.43 Å². The quantitative estimate of drug-likeness (QED) is 0.554. The Morgan fingerprint density at radius 2 is 2.10 bits per heavy atom. The number of hydrogen-bond donors (Lipinski definition) is 3. The Bertz CT molecular complexity index is 504. The van der Waals surface area contributed by atoms with Crippen LogP contribution in [0.5, 0.6) is 0 Å². The molecule has 7 heteroatoms. The van der Waals surface area contributed by atoms with E-state index in [-0.39, 0.29) is 6.10 Å². The number of hydrogen-bond acceptors (Lipinski definition) is 4. The summed E-state index contributed by atoms with van der Waals surface area (Å²) in [5.41, 5.74) is 5.84. The van der Waals surface area contributed by atoms with Gasteiger partial charge in [0.1, 0.15) is 0 Å². The summed E-state index contributed by atoms with van der Waals surface area (Å²) in [6.45, 7) is 1.41. The second-order valence-electron chi connectivity index (χ2n) is 4.74. The maximum Gasteiger partial charge on any atom is 0.323 e. The highest BCUT2D eigenvalue weighted by Crippen LogP contribution is 2.13. The molecule has 1 aliphatic heterocycles. The number of amides is 2. The predicted molar refractivity (Wildman–Crippen MR) is 78.4 cm³/mol. The molecule has 1 aromatic carbocycles. The minimum atomic E-state index is -0.736. The van der Waals surface area contributed by atoms with Crippen molar-refractivity contribution in [3.8, 4) is 0 Å². The molecule has 1 saturated heterocycles. The minimum absolute atomic E-state index is 0.0119. The van der Waals surface area contributed by atoms with E-state index in [0.29, 0.717) is 24.7 Å². The monoisotopic (exact) mass is 311 g/mol. The predicted octanol–water partition coefficient (Wildman–Crippen LogP) is 0.756. The molecule has 0 bridgehead atoms. The van der Waals surface area contributed by atoms with Crippen LogP contribution in [0.3, 0.4) is 0 Å². The van der Waals surface area contributed by atoms with Crippen LogP contribution < -0.4 is 16.2 Å². The highest BCUT2D eigenvalue weighted by atomic mass is 35.5. The van der Waals surface area contributed by atoms with Crippen LogP contribution in [0.4, 0.5) is 0 Å². The lowest BCUT2D eigenvalue weighted by Crippen LogP contribution is -2.47. The van der Waals surface area contributed by atoms with Crippen LogP contribution in [0.25, 0.3) is 0 Å². The zero-order valence-electron chi connectivity index (χ0n) is 11.5. The molecule has 1 unspecified atom stereocenters. The molecule has 21 heavy (non-hydrogen) atoms. The van der Waals surface area contributed by atoms with Crippen molar-refractivity contribution in [2.75, 3.05) is 13.2 Å². The molecule has 1 aliphatic rings. The first-order valence-corrected chi connectivity index (χ1v) is 7.20. The summed E-state index contributed by atoms with van der Waals surface area (Å²) in [5, 5.41) is 3.14. The van der Waals surface area contributed by atoms with Crippen molar-refractivity contribution >= 4 is 23.4 Å². The maximum absolute atomic E-state index is 11.6. The van der Waals surface area contributed by atoms with Gasteiger partial charge in [-0.05, 0) is 24.5 Å². The lowest BCUT2D eigenvalue weighted by molar-refractivity contribution is -0.140. The van der Waals surface area contributed by atoms with E-state index >= 15 is 0 Å². The van der Waals surface area contributed by atoms with Crippen LogP contribution in [-0.4, -0.2) is 31.1 Å². The van der Waals surface area contributed by atoms with Gasteiger partial charge in [-0.15, -0.1) is 0 Å². The molecule has 2 amide bonds. The molecule has 1 fully saturated rings. The number of carbonyl (C=O) groups excluding carboxylic acids is 2. The van der Waals surface area contributed by atoms with Gasteiger partial charge in [-0.1, -0.05) is 29.8 Å². The summed E-state index contributed by atoms with van der Waals surface area (Å²) in [6, 6.07) is 7.26. The van der Waals surface area contributed by atoms with Crippen molar-refractivity contribution in [3.05, 3.63) is 34.9 Å². The summed E-state index contributed by atoms with van der Waals surface area (Å²) < 4.78 is 5.36. The van der Waals surface area contributed by atoms with Gasteiger partial charge in [-0.2, -0.15) is 0 Å². The van der Waals surface area contributed by atoms with Crippen molar-refractivity contribution in [1.29, 1.82) is 0 Å². The van der Waals surface area contributed by atoms with E-state index in [4.69, 9.17) is 16.3 Å². The van der Waals surface area contributed by atoms with Gasteiger partial charge in [-0.3, -0.25) is 15.0 Å². The second kappa shape index (κ2) is 7.97. The zero-order valence-corrected chi connectivity index (χ0v) is 12.3. The number of halogens is 1. The Balaban J connectivity index is 1.66. The van der Waals surface area contributed by atoms with E-state index in [9.17, 15) is 9.59 Å². The first-order valence-electron chi connectivity index (χ1n) is 6.83. The van der Waals surface area contributed by atoms with E-state index in [0.717, 1.165) is 18.4 Å². The number of rotatable bonds is 5. The standard InChI is InChI=1S/C14H18ClN3O3/c15-12-6-2-1-4-10(12)8-17-18-14(20)13(19)16-9-11-5-3-7-21-11/h1-2,4,6,11,17H,3,5,7-9H2,(H,16,19)(H,18,20). The largest absolute Gasteiger partial charge is 0.376 e. The fourth-order valence-electron chi connectivity index (χ4n) is 2.01. The Kier molecular flexibility index (Phi) is 5.98. The SMILES string of the molecule is O=C(NCC1CCCO1)C(=O)NNCc1ccccc1Cl. The first-order chi connectivity index (χ1) is 10.2. The number of nitrogens with one attached hydrogen (secondary N) is 3. The van der Waals surface area contributed by atoms with Crippen molar-refractivity contribution in [2.45, 2.75) is 25.5 Å². The summed E-state index contributed by atoms with van der Waals surface area (Å²) in [6.07, 6.45) is 1.91. The Morgan fingerprint density at radius 1 is 1.29 bits per heavy atom. The van der Waals surface area contributed by atoms with E-state index in [1.807, 2.05) is 18.2 Å². The molecule has 1 aromatic rings. The van der Waals surface area contributed by atoms with Crippen LogP contribution in [0.15, 0.2) is 24.3 Å². The highest BCUT2D eigenvalue weighted by Gasteiger charge is 2.19. The Morgan fingerprint density at radius 3 is 2.81 bits per heavy atom. The fourth-order valence-corrected chi connectivity index (χ4v) is 2.21. The molecule has 2 rings (SSSR count). The van der Waals surface area contributed by atoms with Crippen molar-refractivity contribution in [1.82, 2.24) is 16.2 Å². The van der Waals surface area contributed by atoms with E-state index in [1.54, 1.807) is 6.07 Å². The molecular formula is C14H18ClN3O3. The van der Waals surface area contributed by atoms with E-state index < -0.39 is 11.8 Å². The van der Waals surface area contributed by atoms with Gasteiger partial charge >= 0.3 is 11.8 Å². The third-order valence-corrected chi connectivity index (χ3v) is 3.53. The third kappa shape index (κ3) is 5.00. The molecule has 0 spiro atoms. The number of hydrazine groups is 1. The van der Waals surface area contributed by atoms with Crippen molar-refractivity contribution < 1.29 is 14.3 Å². The average Bonchev–Trinajstić information content (AvgIpc) is 3.00. The normalized spacial score (nSPS) is 17.5. The number of carbonyl (C=O) groups is 2. The maximum atomic E-state index is 11.6. The molecule has 0 radical (unpaired) electrons. The van der Waals surface area contributed by atoms with Gasteiger partial charge in [0.05, 0.1) is 6.10 Å². The lowest BCUT2D eigenvalue weighted by atomic mass is 10.2. The molecular weight excluding hydrogens is 294 g/mol. The van der Waals surface area contributed by atoms with Crippen LogP contribution in [0, 0.1) is 0 Å². The van der Waals surface area contributed by atoms with Gasteiger partial charge in [0.2, 0.25) is 0 Å². The number of ether oxygens (including phenoxy) is 1. The lowest BCUT2D eigenvalue weighted by Gasteiger charge is -2.11. The Hall–Kier alpha value is -1.63. The smallest absolute Gasteiger partial charge is 0.323 e. The average molecular weight is 312 g/mol. The van der Waals surface area contributed by atoms with Gasteiger partial charge in [0.15, 0.2) is 0 Å². The second-order valence-corrected chi connectivity index (χ2v) is 5.15. The summed E-state index contributed by atoms with van der Waals surface area (Å²) in [4.78, 5) is 23.1. The molecule has 0 saturated carbocycles. The summed E-state index contributed by atoms with van der Waals surface area (Å²) in [7, 11) is 0. The molecule has 114 valence electrons. The van der Waals surface area contributed by atoms with Gasteiger partial charge in [0, 0.05) is 24.7 Å². The molecule has 6 nitrogen and oxygen atoms in total. The van der Waals surface area contributed by atoms with Gasteiger partial charge in [0.25, 0.3) is 0 Å². The van der Waals surface area contributed by atoms with Gasteiger partial charge < -0.3 is 10.1 Å². The van der Waals surface area contributed by atoms with Crippen LogP contribution >= 0.6 is 11.6 Å². The van der Waals surface area contributed by atoms with Crippen LogP contribution in [-0.2, 0) is 20.9 Å². The van der Waals surface area contributed by atoms with Crippen molar-refractivity contribution in [3.63, 3.8) is 0 Å². The summed E-state index contributed by atoms with van der Waals surface area (Å²) in [5.74, 6) is -1.42. The zero-order chi connectivity index (χ0) is 15.1. The molecule has 0 aromatic heterocycles. The molecule has 1 atom stereocenters. The third-order valence-electron chi connectivity index (χ3n) is 3.16. The highest BCUT2D eigenvalue weighted by molar-refractivity contribution is 6.35. The van der Waals surface area contributed by atoms with E-state index in [1.165, 1.54) is 0 Å². The molecule has 3 N–H and O–H groups in total. The van der Waals surface area contributed by atoms with Crippen LogP contribution in [0.2, 0.25) is 5.02 Å². The first kappa shape index (κ1) is 15.8. The minimum Gasteiger partial charge on any atom is -0.376 e. The number of benzene rings is 1. The topological polar surface area (TPSA) is 79.5 Å².